The van der Waals surface area contributed by atoms with Gasteiger partial charge in [-0.05, 0) is 61.7 Å². The Hall–Kier alpha value is -2.89. The van der Waals surface area contributed by atoms with Gasteiger partial charge in [0.1, 0.15) is 11.6 Å². The zero-order valence-corrected chi connectivity index (χ0v) is 24.1. The third-order valence-corrected chi connectivity index (χ3v) is 9.03. The lowest BCUT2D eigenvalue weighted by molar-refractivity contribution is -0.180. The summed E-state index contributed by atoms with van der Waals surface area (Å²) in [6.07, 6.45) is 9.05. The van der Waals surface area contributed by atoms with Gasteiger partial charge in [-0.2, -0.15) is 0 Å². The van der Waals surface area contributed by atoms with Crippen LogP contribution in [0.2, 0.25) is 5.02 Å². The van der Waals surface area contributed by atoms with Crippen LogP contribution in [0, 0.1) is 5.82 Å². The fourth-order valence-corrected chi connectivity index (χ4v) is 6.39. The molecule has 0 aliphatic carbocycles. The highest BCUT2D eigenvalue weighted by molar-refractivity contribution is 7.99. The van der Waals surface area contributed by atoms with Crippen molar-refractivity contribution in [1.82, 2.24) is 19.5 Å². The van der Waals surface area contributed by atoms with Gasteiger partial charge in [-0.1, -0.05) is 23.8 Å². The van der Waals surface area contributed by atoms with Crippen molar-refractivity contribution < 1.29 is 23.9 Å². The molecule has 3 aromatic rings. The van der Waals surface area contributed by atoms with E-state index < -0.39 is 5.97 Å². The van der Waals surface area contributed by atoms with Gasteiger partial charge in [0.15, 0.2) is 0 Å². The molecular weight excluding hydrogens is 567 g/mol. The monoisotopic (exact) mass is 598 g/mol. The number of piperidine rings is 1. The Morgan fingerprint density at radius 3 is 2.76 bits per heavy atom. The van der Waals surface area contributed by atoms with Crippen molar-refractivity contribution in [2.24, 2.45) is 0 Å². The topological polar surface area (TPSA) is 80.1 Å². The minimum Gasteiger partial charge on any atom is -0.478 e. The number of fused-ring (bicyclic) bond motifs is 1. The number of hydrogen-bond acceptors (Lipinski definition) is 7. The normalized spacial score (nSPS) is 19.9. The van der Waals surface area contributed by atoms with E-state index in [1.165, 1.54) is 17.8 Å². The highest BCUT2D eigenvalue weighted by Gasteiger charge is 2.27. The highest BCUT2D eigenvalue weighted by Crippen LogP contribution is 2.29. The van der Waals surface area contributed by atoms with Crippen LogP contribution in [0.25, 0.3) is 11.0 Å². The van der Waals surface area contributed by atoms with Crippen molar-refractivity contribution >= 4 is 40.4 Å². The van der Waals surface area contributed by atoms with E-state index in [0.29, 0.717) is 35.3 Å². The number of allylic oxidation sites excluding steroid dienone is 2. The molecule has 0 radical (unpaired) electrons. The van der Waals surface area contributed by atoms with Crippen molar-refractivity contribution in [1.29, 1.82) is 0 Å². The minimum absolute atomic E-state index is 0.0822. The second kappa shape index (κ2) is 12.5. The molecule has 0 unspecified atom stereocenters. The lowest BCUT2D eigenvalue weighted by atomic mass is 10.1. The van der Waals surface area contributed by atoms with E-state index in [2.05, 4.69) is 15.5 Å². The number of likely N-dealkylation sites (tertiary alicyclic amines) is 1. The number of aromatic nitrogens is 2. The van der Waals surface area contributed by atoms with E-state index in [0.717, 1.165) is 61.5 Å². The number of ether oxygens (including phenoxy) is 1. The third-order valence-electron chi connectivity index (χ3n) is 7.72. The van der Waals surface area contributed by atoms with E-state index in [1.54, 1.807) is 30.3 Å². The maximum absolute atomic E-state index is 14.3. The summed E-state index contributed by atoms with van der Waals surface area (Å²) in [5.41, 5.74) is 2.90. The molecule has 0 saturated carbocycles. The summed E-state index contributed by atoms with van der Waals surface area (Å²) >= 11 is 7.32. The van der Waals surface area contributed by atoms with E-state index in [-0.39, 0.29) is 23.6 Å². The standard InChI is InChI=1S/C30H32ClFN4O4S/c31-21-5-7-28(25(32)16-21)41-19-22-3-1-2-11-36(22)40-23-8-12-34(13-9-23)18-29-33-26-6-4-20(30(37)38)15-27(26)35(29)17-24-10-14-39-24/h1-7,15-16,23-24H,8-14,17-19H2,(H,37,38)/t24-/m0/s1. The summed E-state index contributed by atoms with van der Waals surface area (Å²) in [7, 11) is 0. The number of carboxylic acids is 1. The molecule has 11 heteroatoms. The quantitative estimate of drug-likeness (QED) is 0.295. The number of imidazole rings is 1. The maximum Gasteiger partial charge on any atom is 0.335 e. The van der Waals surface area contributed by atoms with Crippen molar-refractivity contribution in [3.63, 3.8) is 0 Å². The van der Waals surface area contributed by atoms with Crippen LogP contribution >= 0.6 is 23.4 Å². The first-order valence-electron chi connectivity index (χ1n) is 13.9. The number of thioether (sulfide) groups is 1. The summed E-state index contributed by atoms with van der Waals surface area (Å²) in [5, 5.41) is 11.8. The fraction of sp³-hybridized carbons (Fsp3) is 0.400. The molecule has 41 heavy (non-hydrogen) atoms. The lowest BCUT2D eigenvalue weighted by Gasteiger charge is -2.36. The van der Waals surface area contributed by atoms with E-state index in [1.807, 2.05) is 17.2 Å². The van der Waals surface area contributed by atoms with Crippen LogP contribution in [0.4, 0.5) is 4.39 Å². The Balaban J connectivity index is 1.06. The predicted molar refractivity (Wildman–Crippen MR) is 156 cm³/mol. The Bertz CT molecular complexity index is 1480. The second-order valence-electron chi connectivity index (χ2n) is 10.5. The predicted octanol–water partition coefficient (Wildman–Crippen LogP) is 5.76. The number of hydrogen-bond donors (Lipinski definition) is 1. The van der Waals surface area contributed by atoms with Gasteiger partial charge in [0.25, 0.3) is 0 Å². The molecule has 4 heterocycles. The number of rotatable bonds is 10. The molecule has 1 N–H and O–H groups in total. The zero-order chi connectivity index (χ0) is 28.3. The van der Waals surface area contributed by atoms with Crippen LogP contribution in [0.5, 0.6) is 0 Å². The number of hydroxylamine groups is 2. The summed E-state index contributed by atoms with van der Waals surface area (Å²) in [6.45, 7) is 4.49. The third kappa shape index (κ3) is 6.62. The van der Waals surface area contributed by atoms with Crippen LogP contribution in [-0.2, 0) is 22.7 Å². The molecule has 0 amide bonds. The van der Waals surface area contributed by atoms with Crippen molar-refractivity contribution in [2.45, 2.75) is 49.5 Å². The van der Waals surface area contributed by atoms with Gasteiger partial charge in [-0.25, -0.2) is 14.2 Å². The molecule has 0 spiro atoms. The molecule has 2 saturated heterocycles. The first-order chi connectivity index (χ1) is 19.9. The fourth-order valence-electron chi connectivity index (χ4n) is 5.33. The molecule has 0 bridgehead atoms. The van der Waals surface area contributed by atoms with Crippen molar-refractivity contribution in [2.75, 3.05) is 32.0 Å². The molecule has 2 fully saturated rings. The van der Waals surface area contributed by atoms with E-state index in [4.69, 9.17) is 26.2 Å². The molecule has 3 aliphatic heterocycles. The zero-order valence-electron chi connectivity index (χ0n) is 22.5. The van der Waals surface area contributed by atoms with Gasteiger partial charge >= 0.3 is 5.97 Å². The molecule has 1 aromatic heterocycles. The molecule has 216 valence electrons. The van der Waals surface area contributed by atoms with Crippen LogP contribution in [0.15, 0.2) is 65.2 Å². The van der Waals surface area contributed by atoms with Gasteiger partial charge in [0.2, 0.25) is 0 Å². The van der Waals surface area contributed by atoms with Crippen molar-refractivity contribution in [3.8, 4) is 0 Å². The van der Waals surface area contributed by atoms with Crippen LogP contribution in [-0.4, -0.2) is 74.8 Å². The average molecular weight is 599 g/mol. The van der Waals surface area contributed by atoms with E-state index >= 15 is 0 Å². The lowest BCUT2D eigenvalue weighted by Crippen LogP contribution is -2.41. The molecule has 2 aromatic carbocycles. The van der Waals surface area contributed by atoms with Crippen LogP contribution < -0.4 is 0 Å². The SMILES string of the molecule is O=C(O)c1ccc2nc(CN3CCC(ON4CC=CC=C4CSc4ccc(Cl)cc4F)CC3)n(C[C@@H]3CCO3)c2c1. The van der Waals surface area contributed by atoms with E-state index in [9.17, 15) is 14.3 Å². The smallest absolute Gasteiger partial charge is 0.335 e. The molecule has 3 aliphatic rings. The number of halogens is 2. The van der Waals surface area contributed by atoms with Crippen LogP contribution in [0.1, 0.15) is 35.4 Å². The summed E-state index contributed by atoms with van der Waals surface area (Å²) in [6, 6.07) is 9.86. The first-order valence-corrected chi connectivity index (χ1v) is 15.2. The number of benzene rings is 2. The Morgan fingerprint density at radius 1 is 1.20 bits per heavy atom. The summed E-state index contributed by atoms with van der Waals surface area (Å²) in [5.74, 6) is 0.258. The number of aromatic carboxylic acids is 1. The molecule has 6 rings (SSSR count). The average Bonchev–Trinajstić information content (AvgIpc) is 3.28. The van der Waals surface area contributed by atoms with Gasteiger partial charge in [-0.3, -0.25) is 14.8 Å². The maximum atomic E-state index is 14.3. The minimum atomic E-state index is -0.943. The number of carbonyl (C=O) groups is 1. The Morgan fingerprint density at radius 2 is 2.02 bits per heavy atom. The van der Waals surface area contributed by atoms with Gasteiger partial charge in [-0.15, -0.1) is 11.8 Å². The van der Waals surface area contributed by atoms with Gasteiger partial charge < -0.3 is 14.4 Å². The van der Waals surface area contributed by atoms with Crippen molar-refractivity contribution in [3.05, 3.63) is 82.6 Å². The largest absolute Gasteiger partial charge is 0.478 e. The molecule has 1 atom stereocenters. The Labute approximate surface area is 247 Å². The van der Waals surface area contributed by atoms with Gasteiger partial charge in [0.05, 0.1) is 54.1 Å². The van der Waals surface area contributed by atoms with Gasteiger partial charge in [0, 0.05) is 35.4 Å². The summed E-state index contributed by atoms with van der Waals surface area (Å²) in [4.78, 5) is 25.8. The van der Waals surface area contributed by atoms with Crippen LogP contribution in [0.3, 0.4) is 0 Å². The molecular formula is C30H32ClFN4O4S. The molecule has 8 nitrogen and oxygen atoms in total. The first kappa shape index (κ1) is 28.2. The summed E-state index contributed by atoms with van der Waals surface area (Å²) < 4.78 is 22.1. The highest BCUT2D eigenvalue weighted by atomic mass is 35.5. The number of nitrogens with zero attached hydrogens (tertiary/aromatic N) is 4. The second-order valence-corrected chi connectivity index (χ2v) is 12.0. The number of carboxylic acid groups (broad SMARTS) is 1. The Kier molecular flexibility index (Phi) is 8.64.